The Balaban J connectivity index is 2.03. The average Bonchev–Trinajstić information content (AvgIpc) is 3.08. The Labute approximate surface area is 161 Å². The van der Waals surface area contributed by atoms with Crippen molar-refractivity contribution in [1.82, 2.24) is 25.2 Å². The van der Waals surface area contributed by atoms with E-state index in [-0.39, 0.29) is 17.5 Å². The molecule has 0 radical (unpaired) electrons. The number of nitrogens with zero attached hydrogens (tertiary/aromatic N) is 6. The highest BCUT2D eigenvalue weighted by molar-refractivity contribution is 5.85. The third kappa shape index (κ3) is 3.83. The van der Waals surface area contributed by atoms with Crippen LogP contribution in [-0.2, 0) is 7.05 Å². The van der Waals surface area contributed by atoms with Gasteiger partial charge in [0.2, 0.25) is 5.95 Å². The molecule has 146 valence electrons. The topological polar surface area (TPSA) is 140 Å². The molecule has 0 aliphatic carbocycles. The highest BCUT2D eigenvalue weighted by Gasteiger charge is 2.19. The Morgan fingerprint density at radius 1 is 1.32 bits per heavy atom. The predicted octanol–water partition coefficient (Wildman–Crippen LogP) is 2.07. The fourth-order valence-electron chi connectivity index (χ4n) is 2.80. The number of hydrogen-bond donors (Lipinski definition) is 3. The van der Waals surface area contributed by atoms with Gasteiger partial charge < -0.3 is 16.1 Å². The van der Waals surface area contributed by atoms with Crippen LogP contribution in [0, 0.1) is 10.1 Å². The molecule has 4 N–H and O–H groups in total. The number of aromatic nitrogens is 4. The third-order valence-corrected chi connectivity index (χ3v) is 4.13. The van der Waals surface area contributed by atoms with Crippen molar-refractivity contribution < 1.29 is 4.92 Å². The molecule has 3 aromatic rings. The second kappa shape index (κ2) is 7.88. The van der Waals surface area contributed by atoms with Gasteiger partial charge in [-0.15, -0.1) is 0 Å². The van der Waals surface area contributed by atoms with Crippen LogP contribution in [0.25, 0.3) is 11.1 Å². The molecule has 0 saturated heterocycles. The molecule has 0 spiro atoms. The molecule has 0 bridgehead atoms. The lowest BCUT2D eigenvalue weighted by Gasteiger charge is -2.24. The van der Waals surface area contributed by atoms with Crippen molar-refractivity contribution >= 4 is 29.0 Å². The van der Waals surface area contributed by atoms with Gasteiger partial charge in [0.1, 0.15) is 5.82 Å². The van der Waals surface area contributed by atoms with Gasteiger partial charge in [-0.2, -0.15) is 10.1 Å². The Morgan fingerprint density at radius 2 is 2.11 bits per heavy atom. The van der Waals surface area contributed by atoms with Crippen LogP contribution >= 0.6 is 0 Å². The first-order valence-corrected chi connectivity index (χ1v) is 8.55. The number of non-ortho nitro benzene ring substituents is 1. The Morgan fingerprint density at radius 3 is 2.68 bits per heavy atom. The number of aryl methyl sites for hydroxylation is 1. The van der Waals surface area contributed by atoms with Gasteiger partial charge in [0.05, 0.1) is 10.6 Å². The molecule has 0 fully saturated rings. The molecule has 1 aromatic carbocycles. The van der Waals surface area contributed by atoms with Crippen LogP contribution in [0.1, 0.15) is 6.92 Å². The summed E-state index contributed by atoms with van der Waals surface area (Å²) in [5.74, 6) is 1.06. The molecule has 0 aliphatic rings. The molecular formula is C17H21N9O2. The zero-order valence-electron chi connectivity index (χ0n) is 15.7. The highest BCUT2D eigenvalue weighted by atomic mass is 16.6. The summed E-state index contributed by atoms with van der Waals surface area (Å²) in [6.07, 6.45) is 3.33. The van der Waals surface area contributed by atoms with Gasteiger partial charge in [-0.05, 0) is 13.0 Å². The smallest absolute Gasteiger partial charge is 0.270 e. The molecule has 0 saturated carbocycles. The van der Waals surface area contributed by atoms with Crippen LogP contribution in [0.4, 0.5) is 29.0 Å². The number of hydrogen-bond acceptors (Lipinski definition) is 9. The zero-order chi connectivity index (χ0) is 20.3. The van der Waals surface area contributed by atoms with Crippen LogP contribution in [0.15, 0.2) is 36.7 Å². The Hall–Kier alpha value is -3.73. The van der Waals surface area contributed by atoms with Gasteiger partial charge in [0.25, 0.3) is 5.69 Å². The van der Waals surface area contributed by atoms with E-state index in [9.17, 15) is 10.1 Å². The fourth-order valence-corrected chi connectivity index (χ4v) is 2.80. The SMILES string of the molecule is CCN(NC)c1ccc([N+](=O)[O-])cc1-c1cnc(Nc2ccn(C)n2)nc1N. The Kier molecular flexibility index (Phi) is 5.36. The van der Waals surface area contributed by atoms with Crippen LogP contribution in [0.5, 0.6) is 0 Å². The molecule has 11 nitrogen and oxygen atoms in total. The van der Waals surface area contributed by atoms with Crippen LogP contribution in [-0.4, -0.2) is 38.3 Å². The summed E-state index contributed by atoms with van der Waals surface area (Å²) in [5, 5.41) is 20.3. The van der Waals surface area contributed by atoms with Gasteiger partial charge in [-0.3, -0.25) is 14.8 Å². The number of nitrogen functional groups attached to an aromatic ring is 1. The molecule has 0 aliphatic heterocycles. The van der Waals surface area contributed by atoms with E-state index in [0.29, 0.717) is 23.5 Å². The van der Waals surface area contributed by atoms with E-state index in [1.165, 1.54) is 12.1 Å². The standard InChI is InChI=1S/C17H21N9O2/c1-4-25(19-2)14-6-5-11(26(27)28)9-12(14)13-10-20-17(22-16(13)18)21-15-7-8-24(3)23-15/h5-10,19H,4H2,1-3H3,(H3,18,20,21,22,23). The summed E-state index contributed by atoms with van der Waals surface area (Å²) in [6.45, 7) is 2.60. The molecule has 11 heteroatoms. The van der Waals surface area contributed by atoms with Crippen molar-refractivity contribution in [3.05, 3.63) is 46.8 Å². The van der Waals surface area contributed by atoms with Crippen molar-refractivity contribution in [2.24, 2.45) is 7.05 Å². The lowest BCUT2D eigenvalue weighted by Crippen LogP contribution is -2.35. The van der Waals surface area contributed by atoms with E-state index in [0.717, 1.165) is 5.69 Å². The van der Waals surface area contributed by atoms with E-state index < -0.39 is 4.92 Å². The number of anilines is 4. The van der Waals surface area contributed by atoms with E-state index in [2.05, 4.69) is 25.8 Å². The van der Waals surface area contributed by atoms with Gasteiger partial charge in [0, 0.05) is 62.4 Å². The van der Waals surface area contributed by atoms with Crippen molar-refractivity contribution in [3.8, 4) is 11.1 Å². The maximum atomic E-state index is 11.2. The lowest BCUT2D eigenvalue weighted by molar-refractivity contribution is -0.384. The summed E-state index contributed by atoms with van der Waals surface area (Å²) in [4.78, 5) is 19.4. The van der Waals surface area contributed by atoms with Crippen molar-refractivity contribution in [1.29, 1.82) is 0 Å². The van der Waals surface area contributed by atoms with E-state index in [1.807, 2.05) is 11.9 Å². The molecule has 3 rings (SSSR count). The summed E-state index contributed by atoms with van der Waals surface area (Å²) in [5.41, 5.74) is 11.0. The van der Waals surface area contributed by atoms with Crippen molar-refractivity contribution in [2.45, 2.75) is 6.92 Å². The normalized spacial score (nSPS) is 10.7. The summed E-state index contributed by atoms with van der Waals surface area (Å²) in [7, 11) is 3.57. The second-order valence-electron chi connectivity index (χ2n) is 5.92. The predicted molar refractivity (Wildman–Crippen MR) is 107 cm³/mol. The van der Waals surface area contributed by atoms with Crippen molar-refractivity contribution in [3.63, 3.8) is 0 Å². The second-order valence-corrected chi connectivity index (χ2v) is 5.92. The number of nitro groups is 1. The van der Waals surface area contributed by atoms with Crippen LogP contribution < -0.4 is 21.5 Å². The number of hydrazine groups is 1. The quantitative estimate of drug-likeness (QED) is 0.413. The molecule has 2 heterocycles. The van der Waals surface area contributed by atoms with E-state index >= 15 is 0 Å². The maximum Gasteiger partial charge on any atom is 0.270 e. The minimum absolute atomic E-state index is 0.0407. The summed E-state index contributed by atoms with van der Waals surface area (Å²) in [6, 6.07) is 6.37. The van der Waals surface area contributed by atoms with Gasteiger partial charge in [-0.1, -0.05) is 0 Å². The molecule has 2 aromatic heterocycles. The maximum absolute atomic E-state index is 11.2. The largest absolute Gasteiger partial charge is 0.383 e. The summed E-state index contributed by atoms with van der Waals surface area (Å²) >= 11 is 0. The third-order valence-electron chi connectivity index (χ3n) is 4.13. The first kappa shape index (κ1) is 19.0. The highest BCUT2D eigenvalue weighted by Crippen LogP contribution is 2.36. The minimum Gasteiger partial charge on any atom is -0.383 e. The fraction of sp³-hybridized carbons (Fsp3) is 0.235. The molecule has 0 unspecified atom stereocenters. The number of benzene rings is 1. The van der Waals surface area contributed by atoms with Crippen LogP contribution in [0.2, 0.25) is 0 Å². The molecule has 0 atom stereocenters. The van der Waals surface area contributed by atoms with Gasteiger partial charge in [-0.25, -0.2) is 10.4 Å². The lowest BCUT2D eigenvalue weighted by atomic mass is 10.0. The zero-order valence-corrected chi connectivity index (χ0v) is 15.7. The van der Waals surface area contributed by atoms with Gasteiger partial charge in [0.15, 0.2) is 5.82 Å². The van der Waals surface area contributed by atoms with E-state index in [1.54, 1.807) is 43.3 Å². The number of rotatable bonds is 7. The van der Waals surface area contributed by atoms with E-state index in [4.69, 9.17) is 5.73 Å². The number of nitrogens with one attached hydrogen (secondary N) is 2. The first-order chi connectivity index (χ1) is 13.4. The average molecular weight is 383 g/mol. The molecular weight excluding hydrogens is 362 g/mol. The van der Waals surface area contributed by atoms with Crippen LogP contribution in [0.3, 0.4) is 0 Å². The minimum atomic E-state index is -0.447. The van der Waals surface area contributed by atoms with Crippen molar-refractivity contribution in [2.75, 3.05) is 29.7 Å². The Bertz CT molecular complexity index is 998. The molecule has 28 heavy (non-hydrogen) atoms. The first-order valence-electron chi connectivity index (χ1n) is 8.55. The number of nitro benzene ring substituents is 1. The van der Waals surface area contributed by atoms with Gasteiger partial charge >= 0.3 is 0 Å². The number of nitrogens with two attached hydrogens (primary N) is 1. The summed E-state index contributed by atoms with van der Waals surface area (Å²) < 4.78 is 1.65. The monoisotopic (exact) mass is 383 g/mol. The molecule has 0 amide bonds.